The van der Waals surface area contributed by atoms with Crippen LogP contribution in [0.25, 0.3) is 0 Å². The van der Waals surface area contributed by atoms with Gasteiger partial charge in [-0.15, -0.1) is 0 Å². The van der Waals surface area contributed by atoms with E-state index < -0.39 is 0 Å². The van der Waals surface area contributed by atoms with Crippen LogP contribution in [0.15, 0.2) is 24.5 Å². The Balaban J connectivity index is 1.76. The van der Waals surface area contributed by atoms with Crippen molar-refractivity contribution in [2.75, 3.05) is 25.1 Å². The summed E-state index contributed by atoms with van der Waals surface area (Å²) in [6.07, 6.45) is 3.97. The fraction of sp³-hybridized carbons (Fsp3) is 0.500. The van der Waals surface area contributed by atoms with Gasteiger partial charge in [0, 0.05) is 25.5 Å². The van der Waals surface area contributed by atoms with E-state index >= 15 is 0 Å². The van der Waals surface area contributed by atoms with Crippen LogP contribution in [0.3, 0.4) is 0 Å². The van der Waals surface area contributed by atoms with Crippen molar-refractivity contribution < 1.29 is 9.53 Å². The van der Waals surface area contributed by atoms with Gasteiger partial charge >= 0.3 is 0 Å². The Hall–Kier alpha value is -1.33. The van der Waals surface area contributed by atoms with Crippen molar-refractivity contribution >= 4 is 5.91 Å². The average molecular weight is 209 g/mol. The summed E-state index contributed by atoms with van der Waals surface area (Å²) in [5.74, 6) is -0.0279. The molecule has 1 saturated heterocycles. The molecule has 1 aliphatic rings. The van der Waals surface area contributed by atoms with Gasteiger partial charge in [-0.05, 0) is 12.1 Å². The van der Waals surface area contributed by atoms with E-state index in [1.54, 1.807) is 17.1 Å². The van der Waals surface area contributed by atoms with E-state index in [1.807, 2.05) is 12.1 Å². The summed E-state index contributed by atoms with van der Waals surface area (Å²) in [4.78, 5) is 11.5. The lowest BCUT2D eigenvalue weighted by molar-refractivity contribution is -0.120. The highest BCUT2D eigenvalue weighted by atomic mass is 16.5. The minimum Gasteiger partial charge on any atom is -0.375 e. The lowest BCUT2D eigenvalue weighted by Crippen LogP contribution is -2.41. The quantitative estimate of drug-likeness (QED) is 0.733. The van der Waals surface area contributed by atoms with Crippen molar-refractivity contribution in [2.24, 2.45) is 0 Å². The summed E-state index contributed by atoms with van der Waals surface area (Å²) in [5.41, 5.74) is 2.74. The molecule has 1 atom stereocenters. The highest BCUT2D eigenvalue weighted by Crippen LogP contribution is 2.01. The van der Waals surface area contributed by atoms with Gasteiger partial charge in [0.2, 0.25) is 5.91 Å². The largest absolute Gasteiger partial charge is 0.375 e. The summed E-state index contributed by atoms with van der Waals surface area (Å²) >= 11 is 0. The van der Waals surface area contributed by atoms with Crippen molar-refractivity contribution in [2.45, 2.75) is 12.5 Å². The van der Waals surface area contributed by atoms with Crippen molar-refractivity contribution in [1.82, 2.24) is 9.99 Å². The number of morpholine rings is 1. The Labute approximate surface area is 88.4 Å². The summed E-state index contributed by atoms with van der Waals surface area (Å²) in [6.45, 7) is 2.30. The molecular weight excluding hydrogens is 194 g/mol. The average Bonchev–Trinajstić information content (AvgIpc) is 2.71. The third-order valence-electron chi connectivity index (χ3n) is 2.28. The van der Waals surface area contributed by atoms with Crippen LogP contribution >= 0.6 is 0 Å². The molecule has 2 rings (SSSR count). The third-order valence-corrected chi connectivity index (χ3v) is 2.28. The summed E-state index contributed by atoms with van der Waals surface area (Å²) < 4.78 is 7.07. The van der Waals surface area contributed by atoms with Crippen molar-refractivity contribution in [3.8, 4) is 0 Å². The van der Waals surface area contributed by atoms with E-state index in [2.05, 4.69) is 10.7 Å². The summed E-state index contributed by atoms with van der Waals surface area (Å²) in [7, 11) is 0. The number of rotatable bonds is 3. The topological polar surface area (TPSA) is 55.3 Å². The number of amides is 1. The smallest absolute Gasteiger partial charge is 0.241 e. The van der Waals surface area contributed by atoms with Gasteiger partial charge in [-0.1, -0.05) is 0 Å². The van der Waals surface area contributed by atoms with Gasteiger partial charge in [-0.25, -0.2) is 0 Å². The number of hydrogen-bond acceptors (Lipinski definition) is 3. The SMILES string of the molecule is O=C(CC1CNCCO1)Nn1cccc1. The number of carbonyl (C=O) groups excluding carboxylic acids is 1. The minimum atomic E-state index is -0.0279. The second kappa shape index (κ2) is 4.95. The van der Waals surface area contributed by atoms with Gasteiger partial charge in [0.05, 0.1) is 19.1 Å². The molecular formula is C10H15N3O2. The van der Waals surface area contributed by atoms with Crippen LogP contribution in [-0.4, -0.2) is 36.4 Å². The number of nitrogens with one attached hydrogen (secondary N) is 2. The summed E-state index contributed by atoms with van der Waals surface area (Å²) in [5, 5.41) is 3.19. The van der Waals surface area contributed by atoms with Crippen LogP contribution in [0.4, 0.5) is 0 Å². The molecule has 1 amide bonds. The fourth-order valence-electron chi connectivity index (χ4n) is 1.56. The zero-order valence-corrected chi connectivity index (χ0v) is 8.48. The maximum Gasteiger partial charge on any atom is 0.241 e. The first-order valence-corrected chi connectivity index (χ1v) is 5.10. The number of hydrogen-bond donors (Lipinski definition) is 2. The highest BCUT2D eigenvalue weighted by molar-refractivity contribution is 5.84. The molecule has 2 N–H and O–H groups in total. The van der Waals surface area contributed by atoms with E-state index in [1.165, 1.54) is 0 Å². The highest BCUT2D eigenvalue weighted by Gasteiger charge is 2.16. The molecule has 1 unspecified atom stereocenters. The number of aromatic nitrogens is 1. The number of carbonyl (C=O) groups is 1. The van der Waals surface area contributed by atoms with E-state index in [-0.39, 0.29) is 12.0 Å². The van der Waals surface area contributed by atoms with Crippen LogP contribution in [0, 0.1) is 0 Å². The van der Waals surface area contributed by atoms with E-state index in [0.29, 0.717) is 13.0 Å². The lowest BCUT2D eigenvalue weighted by Gasteiger charge is -2.23. The normalized spacial score (nSPS) is 21.2. The van der Waals surface area contributed by atoms with E-state index in [0.717, 1.165) is 13.1 Å². The van der Waals surface area contributed by atoms with Gasteiger partial charge in [0.25, 0.3) is 0 Å². The maximum atomic E-state index is 11.5. The zero-order valence-electron chi connectivity index (χ0n) is 8.48. The molecule has 5 nitrogen and oxygen atoms in total. The fourth-order valence-corrected chi connectivity index (χ4v) is 1.56. The van der Waals surface area contributed by atoms with Gasteiger partial charge < -0.3 is 10.1 Å². The zero-order chi connectivity index (χ0) is 10.5. The molecule has 0 bridgehead atoms. The second-order valence-corrected chi connectivity index (χ2v) is 3.53. The molecule has 0 saturated carbocycles. The Bertz CT molecular complexity index is 304. The molecule has 1 aliphatic heterocycles. The van der Waals surface area contributed by atoms with Crippen molar-refractivity contribution in [3.63, 3.8) is 0 Å². The Morgan fingerprint density at radius 1 is 1.53 bits per heavy atom. The predicted molar refractivity (Wildman–Crippen MR) is 56.0 cm³/mol. The molecule has 15 heavy (non-hydrogen) atoms. The molecule has 0 aromatic carbocycles. The first kappa shape index (κ1) is 10.2. The van der Waals surface area contributed by atoms with Gasteiger partial charge in [-0.3, -0.25) is 14.9 Å². The molecule has 82 valence electrons. The first-order valence-electron chi connectivity index (χ1n) is 5.10. The second-order valence-electron chi connectivity index (χ2n) is 3.53. The lowest BCUT2D eigenvalue weighted by atomic mass is 10.2. The number of nitrogens with zero attached hydrogens (tertiary/aromatic N) is 1. The third kappa shape index (κ3) is 3.07. The molecule has 1 fully saturated rings. The van der Waals surface area contributed by atoms with Crippen LogP contribution in [0.2, 0.25) is 0 Å². The molecule has 0 spiro atoms. The van der Waals surface area contributed by atoms with Crippen molar-refractivity contribution in [1.29, 1.82) is 0 Å². The minimum absolute atomic E-state index is 0.00527. The molecule has 0 radical (unpaired) electrons. The first-order chi connectivity index (χ1) is 7.34. The van der Waals surface area contributed by atoms with Crippen LogP contribution in [0.1, 0.15) is 6.42 Å². The summed E-state index contributed by atoms with van der Waals surface area (Å²) in [6, 6.07) is 3.72. The van der Waals surface area contributed by atoms with Crippen molar-refractivity contribution in [3.05, 3.63) is 24.5 Å². The van der Waals surface area contributed by atoms with E-state index in [4.69, 9.17) is 4.74 Å². The van der Waals surface area contributed by atoms with Crippen LogP contribution in [0.5, 0.6) is 0 Å². The van der Waals surface area contributed by atoms with Crippen LogP contribution < -0.4 is 10.7 Å². The number of ether oxygens (including phenoxy) is 1. The van der Waals surface area contributed by atoms with Crippen LogP contribution in [-0.2, 0) is 9.53 Å². The molecule has 1 aromatic heterocycles. The monoisotopic (exact) mass is 209 g/mol. The maximum absolute atomic E-state index is 11.5. The Kier molecular flexibility index (Phi) is 3.37. The molecule has 1 aromatic rings. The Morgan fingerprint density at radius 2 is 2.33 bits per heavy atom. The van der Waals surface area contributed by atoms with Gasteiger partial charge in [-0.2, -0.15) is 0 Å². The molecule has 0 aliphatic carbocycles. The molecule has 5 heteroatoms. The predicted octanol–water partition coefficient (Wildman–Crippen LogP) is -0.0633. The van der Waals surface area contributed by atoms with Gasteiger partial charge in [0.1, 0.15) is 0 Å². The molecule has 2 heterocycles. The van der Waals surface area contributed by atoms with E-state index in [9.17, 15) is 4.79 Å². The Morgan fingerprint density at radius 3 is 3.00 bits per heavy atom. The standard InChI is InChI=1S/C10H15N3O2/c14-10(12-13-4-1-2-5-13)7-9-8-11-3-6-15-9/h1-2,4-5,9,11H,3,6-8H2,(H,12,14). The van der Waals surface area contributed by atoms with Gasteiger partial charge in [0.15, 0.2) is 0 Å².